The highest BCUT2D eigenvalue weighted by Gasteiger charge is 2.12. The Balaban J connectivity index is 2.72. The topological polar surface area (TPSA) is 51.1 Å². The number of H-pyrrole nitrogens is 1. The summed E-state index contributed by atoms with van der Waals surface area (Å²) in [5.41, 5.74) is 0. The predicted molar refractivity (Wildman–Crippen MR) is 46.3 cm³/mol. The first-order valence-corrected chi connectivity index (χ1v) is 4.27. The van der Waals surface area contributed by atoms with Crippen LogP contribution >= 0.6 is 12.2 Å². The Kier molecular flexibility index (Phi) is 3.43. The van der Waals surface area contributed by atoms with Crippen LogP contribution < -0.4 is 0 Å². The SMILES string of the molecule is CCCC(OC)c1nc(=S)o[nH]1. The molecule has 5 heteroatoms. The number of aromatic amines is 1. The van der Waals surface area contributed by atoms with Gasteiger partial charge < -0.3 is 9.26 Å². The van der Waals surface area contributed by atoms with Crippen LogP contribution in [0.5, 0.6) is 0 Å². The number of aromatic nitrogens is 2. The number of hydrogen-bond donors (Lipinski definition) is 1. The summed E-state index contributed by atoms with van der Waals surface area (Å²) in [6.45, 7) is 2.08. The molecule has 0 amide bonds. The Bertz CT molecular complexity index is 281. The van der Waals surface area contributed by atoms with Gasteiger partial charge in [0.1, 0.15) is 6.10 Å². The van der Waals surface area contributed by atoms with Crippen LogP contribution in [-0.2, 0) is 4.74 Å². The van der Waals surface area contributed by atoms with Crippen molar-refractivity contribution in [3.8, 4) is 0 Å². The molecule has 0 spiro atoms. The van der Waals surface area contributed by atoms with Crippen LogP contribution in [0.2, 0.25) is 0 Å². The lowest BCUT2D eigenvalue weighted by molar-refractivity contribution is 0.0854. The quantitative estimate of drug-likeness (QED) is 0.736. The van der Waals surface area contributed by atoms with E-state index in [1.807, 2.05) is 0 Å². The van der Waals surface area contributed by atoms with Gasteiger partial charge in [0.2, 0.25) is 0 Å². The van der Waals surface area contributed by atoms with Crippen LogP contribution in [0.1, 0.15) is 31.7 Å². The van der Waals surface area contributed by atoms with Gasteiger partial charge in [-0.2, -0.15) is 4.98 Å². The van der Waals surface area contributed by atoms with Crippen LogP contribution in [0.15, 0.2) is 4.52 Å². The molecule has 0 fully saturated rings. The molecule has 0 radical (unpaired) electrons. The molecule has 0 saturated heterocycles. The number of nitrogens with zero attached hydrogens (tertiary/aromatic N) is 1. The van der Waals surface area contributed by atoms with Crippen molar-refractivity contribution in [1.82, 2.24) is 10.1 Å². The summed E-state index contributed by atoms with van der Waals surface area (Å²) in [6.07, 6.45) is 1.91. The highest BCUT2D eigenvalue weighted by molar-refractivity contribution is 7.71. The summed E-state index contributed by atoms with van der Waals surface area (Å²) < 4.78 is 9.98. The highest BCUT2D eigenvalue weighted by atomic mass is 32.1. The fraction of sp³-hybridized carbons (Fsp3) is 0.714. The van der Waals surface area contributed by atoms with Gasteiger partial charge in [-0.25, -0.2) is 5.16 Å². The van der Waals surface area contributed by atoms with E-state index in [9.17, 15) is 0 Å². The normalized spacial score (nSPS) is 13.2. The van der Waals surface area contributed by atoms with Crippen LogP contribution in [-0.4, -0.2) is 17.3 Å². The summed E-state index contributed by atoms with van der Waals surface area (Å²) in [6, 6.07) is 0. The molecule has 1 aromatic heterocycles. The average molecular weight is 188 g/mol. The van der Waals surface area contributed by atoms with Crippen molar-refractivity contribution in [3.63, 3.8) is 0 Å². The molecule has 4 nitrogen and oxygen atoms in total. The fourth-order valence-corrected chi connectivity index (χ4v) is 1.15. The third-order valence-electron chi connectivity index (χ3n) is 1.60. The molecule has 1 unspecified atom stereocenters. The van der Waals surface area contributed by atoms with Gasteiger partial charge in [0.05, 0.1) is 0 Å². The summed E-state index contributed by atoms with van der Waals surface area (Å²) >= 11 is 4.72. The second-order valence-corrected chi connectivity index (χ2v) is 2.83. The van der Waals surface area contributed by atoms with Crippen molar-refractivity contribution in [2.45, 2.75) is 25.9 Å². The van der Waals surface area contributed by atoms with E-state index >= 15 is 0 Å². The second-order valence-electron chi connectivity index (χ2n) is 2.48. The Morgan fingerprint density at radius 3 is 2.92 bits per heavy atom. The maximum Gasteiger partial charge on any atom is 0.314 e. The van der Waals surface area contributed by atoms with Gasteiger partial charge in [-0.1, -0.05) is 13.3 Å². The van der Waals surface area contributed by atoms with E-state index < -0.39 is 0 Å². The summed E-state index contributed by atoms with van der Waals surface area (Å²) in [7, 11) is 1.64. The van der Waals surface area contributed by atoms with E-state index in [-0.39, 0.29) is 10.9 Å². The lowest BCUT2D eigenvalue weighted by Crippen LogP contribution is -2.02. The number of hydrogen-bond acceptors (Lipinski definition) is 4. The van der Waals surface area contributed by atoms with Crippen molar-refractivity contribution in [3.05, 3.63) is 10.7 Å². The van der Waals surface area contributed by atoms with Crippen molar-refractivity contribution in [2.75, 3.05) is 7.11 Å². The van der Waals surface area contributed by atoms with Gasteiger partial charge >= 0.3 is 4.84 Å². The Labute approximate surface area is 75.9 Å². The molecule has 0 saturated carbocycles. The number of methoxy groups -OCH3 is 1. The molecule has 0 aliphatic carbocycles. The maximum atomic E-state index is 5.19. The van der Waals surface area contributed by atoms with Crippen LogP contribution in [0.3, 0.4) is 0 Å². The molecule has 0 aliphatic heterocycles. The standard InChI is InChI=1S/C7H12N2O2S/c1-3-4-5(10-2)6-8-7(12)11-9-6/h5H,3-4H2,1-2H3,(H,8,9,12). The maximum absolute atomic E-state index is 5.19. The first-order valence-electron chi connectivity index (χ1n) is 3.86. The second kappa shape index (κ2) is 4.37. The Hall–Kier alpha value is -0.680. The summed E-state index contributed by atoms with van der Waals surface area (Å²) in [4.78, 5) is 4.19. The Morgan fingerprint density at radius 2 is 2.50 bits per heavy atom. The molecule has 1 rings (SSSR count). The monoisotopic (exact) mass is 188 g/mol. The zero-order valence-corrected chi connectivity index (χ0v) is 7.98. The first kappa shape index (κ1) is 9.41. The van der Waals surface area contributed by atoms with Crippen molar-refractivity contribution >= 4 is 12.2 Å². The largest absolute Gasteiger partial charge is 0.373 e. The lowest BCUT2D eigenvalue weighted by Gasteiger charge is -2.08. The predicted octanol–water partition coefficient (Wildman–Crippen LogP) is 2.22. The summed E-state index contributed by atoms with van der Waals surface area (Å²) in [5, 5.41) is 2.63. The van der Waals surface area contributed by atoms with Gasteiger partial charge in [-0.15, -0.1) is 0 Å². The molecule has 1 heterocycles. The molecule has 1 atom stereocenters. The zero-order valence-electron chi connectivity index (χ0n) is 7.16. The van der Waals surface area contributed by atoms with Crippen molar-refractivity contribution < 1.29 is 9.26 Å². The third-order valence-corrected chi connectivity index (χ3v) is 1.77. The molecule has 0 aromatic carbocycles. The average Bonchev–Trinajstić information content (AvgIpc) is 2.47. The number of rotatable bonds is 4. The summed E-state index contributed by atoms with van der Waals surface area (Å²) in [5.74, 6) is 0.671. The van der Waals surface area contributed by atoms with E-state index in [0.717, 1.165) is 12.8 Å². The van der Waals surface area contributed by atoms with E-state index in [0.29, 0.717) is 5.82 Å². The molecular formula is C7H12N2O2S. The van der Waals surface area contributed by atoms with Gasteiger partial charge in [0, 0.05) is 7.11 Å². The van der Waals surface area contributed by atoms with Crippen molar-refractivity contribution in [2.24, 2.45) is 0 Å². The first-order chi connectivity index (χ1) is 5.77. The van der Waals surface area contributed by atoms with Gasteiger partial charge in [-0.3, -0.25) is 0 Å². The highest BCUT2D eigenvalue weighted by Crippen LogP contribution is 2.17. The molecule has 0 aliphatic rings. The Morgan fingerprint density at radius 1 is 1.75 bits per heavy atom. The van der Waals surface area contributed by atoms with Gasteiger partial charge in [0.15, 0.2) is 5.82 Å². The van der Waals surface area contributed by atoms with E-state index in [1.54, 1.807) is 7.11 Å². The van der Waals surface area contributed by atoms with Gasteiger partial charge in [-0.05, 0) is 18.6 Å². The minimum atomic E-state index is -0.0320. The van der Waals surface area contributed by atoms with Crippen molar-refractivity contribution in [1.29, 1.82) is 0 Å². The van der Waals surface area contributed by atoms with E-state index in [2.05, 4.69) is 17.1 Å². The van der Waals surface area contributed by atoms with Gasteiger partial charge in [0.25, 0.3) is 0 Å². The van der Waals surface area contributed by atoms with Crippen LogP contribution in [0.4, 0.5) is 0 Å². The fourth-order valence-electron chi connectivity index (χ4n) is 1.01. The van der Waals surface area contributed by atoms with Crippen LogP contribution in [0.25, 0.3) is 0 Å². The molecule has 68 valence electrons. The molecule has 1 aromatic rings. The molecular weight excluding hydrogens is 176 g/mol. The number of ether oxygens (including phenoxy) is 1. The zero-order chi connectivity index (χ0) is 8.97. The number of nitrogens with one attached hydrogen (secondary N) is 1. The minimum Gasteiger partial charge on any atom is -0.373 e. The van der Waals surface area contributed by atoms with Crippen LogP contribution in [0, 0.1) is 4.84 Å². The van der Waals surface area contributed by atoms with E-state index in [4.69, 9.17) is 21.5 Å². The molecule has 12 heavy (non-hydrogen) atoms. The smallest absolute Gasteiger partial charge is 0.314 e. The minimum absolute atomic E-state index is 0.0320. The molecule has 1 N–H and O–H groups in total. The third kappa shape index (κ3) is 2.15. The lowest BCUT2D eigenvalue weighted by atomic mass is 10.2. The molecule has 0 bridgehead atoms. The van der Waals surface area contributed by atoms with E-state index in [1.165, 1.54) is 0 Å².